The fourth-order valence-electron chi connectivity index (χ4n) is 1.50. The Morgan fingerprint density at radius 2 is 2.00 bits per heavy atom. The zero-order valence-corrected chi connectivity index (χ0v) is 9.87. The van der Waals surface area contributed by atoms with Crippen molar-refractivity contribution in [2.45, 2.75) is 19.3 Å². The lowest BCUT2D eigenvalue weighted by Crippen LogP contribution is -2.05. The topological polar surface area (TPSA) is 67.3 Å². The Hall–Kier alpha value is -1.75. The molecule has 88 valence electrons. The number of aromatic nitrogens is 1. The van der Waals surface area contributed by atoms with Gasteiger partial charge in [0.2, 0.25) is 0 Å². The highest BCUT2D eigenvalue weighted by Crippen LogP contribution is 2.22. The molecule has 1 aromatic carbocycles. The zero-order chi connectivity index (χ0) is 12.3. The van der Waals surface area contributed by atoms with Gasteiger partial charge in [-0.3, -0.25) is 9.59 Å². The minimum Gasteiger partial charge on any atom is -0.481 e. The SMILES string of the molecule is O=C(O)CCC(=O)Cc1nc2ccccc2s1. The number of Topliss-reactive ketones (excluding diaryl/α,β-unsaturated/α-hetero) is 1. The number of benzene rings is 1. The standard InChI is InChI=1S/C12H11NO3S/c14-8(5-6-12(15)16)7-11-13-9-3-1-2-4-10(9)17-11/h1-4H,5-7H2,(H,15,16). The van der Waals surface area contributed by atoms with Crippen molar-refractivity contribution >= 4 is 33.3 Å². The van der Waals surface area contributed by atoms with Crippen molar-refractivity contribution in [3.05, 3.63) is 29.3 Å². The van der Waals surface area contributed by atoms with E-state index in [9.17, 15) is 9.59 Å². The number of carboxylic acid groups (broad SMARTS) is 1. The van der Waals surface area contributed by atoms with Gasteiger partial charge in [-0.15, -0.1) is 11.3 Å². The summed E-state index contributed by atoms with van der Waals surface area (Å²) >= 11 is 1.48. The lowest BCUT2D eigenvalue weighted by Gasteiger charge is -1.94. The molecule has 5 heteroatoms. The van der Waals surface area contributed by atoms with Gasteiger partial charge in [-0.2, -0.15) is 0 Å². The van der Waals surface area contributed by atoms with E-state index in [1.165, 1.54) is 11.3 Å². The lowest BCUT2D eigenvalue weighted by atomic mass is 10.2. The molecule has 1 aromatic heterocycles. The number of carbonyl (C=O) groups excluding carboxylic acids is 1. The van der Waals surface area contributed by atoms with E-state index in [0.717, 1.165) is 15.2 Å². The summed E-state index contributed by atoms with van der Waals surface area (Å²) in [5.74, 6) is -1.02. The molecule has 1 N–H and O–H groups in total. The van der Waals surface area contributed by atoms with E-state index in [0.29, 0.717) is 0 Å². The molecule has 0 aliphatic heterocycles. The van der Waals surface area contributed by atoms with Gasteiger partial charge in [0.05, 0.1) is 23.1 Å². The highest BCUT2D eigenvalue weighted by atomic mass is 32.1. The maximum absolute atomic E-state index is 11.5. The normalized spacial score (nSPS) is 10.6. The number of hydrogen-bond acceptors (Lipinski definition) is 4. The van der Waals surface area contributed by atoms with Gasteiger partial charge >= 0.3 is 5.97 Å². The number of hydrogen-bond donors (Lipinski definition) is 1. The number of ketones is 1. The maximum Gasteiger partial charge on any atom is 0.303 e. The Balaban J connectivity index is 2.03. The van der Waals surface area contributed by atoms with Gasteiger partial charge in [0, 0.05) is 6.42 Å². The largest absolute Gasteiger partial charge is 0.481 e. The number of aliphatic carboxylic acids is 1. The van der Waals surface area contributed by atoms with Crippen molar-refractivity contribution in [2.75, 3.05) is 0 Å². The van der Waals surface area contributed by atoms with Crippen molar-refractivity contribution in [2.24, 2.45) is 0 Å². The number of fused-ring (bicyclic) bond motifs is 1. The fourth-order valence-corrected chi connectivity index (χ4v) is 2.49. The molecule has 0 aliphatic rings. The van der Waals surface area contributed by atoms with Crippen molar-refractivity contribution in [3.63, 3.8) is 0 Å². The second-order valence-electron chi connectivity index (χ2n) is 3.68. The van der Waals surface area contributed by atoms with Crippen LogP contribution in [0.5, 0.6) is 0 Å². The Morgan fingerprint density at radius 1 is 1.24 bits per heavy atom. The predicted octanol–water partition coefficient (Wildman–Crippen LogP) is 2.27. The minimum absolute atomic E-state index is 0.0747. The second-order valence-corrected chi connectivity index (χ2v) is 4.80. The molecular formula is C12H11NO3S. The number of carboxylic acids is 1. The second kappa shape index (κ2) is 5.05. The summed E-state index contributed by atoms with van der Waals surface area (Å²) in [5.41, 5.74) is 0.888. The molecule has 0 atom stereocenters. The molecule has 0 amide bonds. The third kappa shape index (κ3) is 3.10. The van der Waals surface area contributed by atoms with E-state index < -0.39 is 5.97 Å². The van der Waals surface area contributed by atoms with Gasteiger partial charge in [0.1, 0.15) is 10.8 Å². The lowest BCUT2D eigenvalue weighted by molar-refractivity contribution is -0.138. The van der Waals surface area contributed by atoms with E-state index in [4.69, 9.17) is 5.11 Å². The Labute approximate surface area is 102 Å². The zero-order valence-electron chi connectivity index (χ0n) is 9.05. The van der Waals surface area contributed by atoms with Gasteiger partial charge < -0.3 is 5.11 Å². The minimum atomic E-state index is -0.942. The Morgan fingerprint density at radius 3 is 2.71 bits per heavy atom. The fraction of sp³-hybridized carbons (Fsp3) is 0.250. The molecule has 0 radical (unpaired) electrons. The molecule has 0 saturated heterocycles. The third-order valence-corrected chi connectivity index (χ3v) is 3.34. The maximum atomic E-state index is 11.5. The number of carbonyl (C=O) groups is 2. The third-order valence-electron chi connectivity index (χ3n) is 2.30. The van der Waals surface area contributed by atoms with Gasteiger partial charge in [-0.1, -0.05) is 12.1 Å². The van der Waals surface area contributed by atoms with Crippen molar-refractivity contribution in [1.29, 1.82) is 0 Å². The molecule has 0 saturated carbocycles. The summed E-state index contributed by atoms with van der Waals surface area (Å²) in [6.07, 6.45) is 0.196. The Kier molecular flexibility index (Phi) is 3.49. The predicted molar refractivity (Wildman–Crippen MR) is 65.2 cm³/mol. The number of para-hydroxylation sites is 1. The van der Waals surface area contributed by atoms with Crippen molar-refractivity contribution < 1.29 is 14.7 Å². The molecule has 0 fully saturated rings. The molecule has 0 aliphatic carbocycles. The summed E-state index contributed by atoms with van der Waals surface area (Å²) in [4.78, 5) is 26.2. The molecule has 0 bridgehead atoms. The van der Waals surface area contributed by atoms with Crippen molar-refractivity contribution in [1.82, 2.24) is 4.98 Å². The quantitative estimate of drug-likeness (QED) is 0.882. The van der Waals surface area contributed by atoms with Gasteiger partial charge in [0.15, 0.2) is 0 Å². The average Bonchev–Trinajstić information content (AvgIpc) is 2.68. The monoisotopic (exact) mass is 249 g/mol. The number of nitrogens with zero attached hydrogens (tertiary/aromatic N) is 1. The van der Waals surface area contributed by atoms with Gasteiger partial charge in [0.25, 0.3) is 0 Å². The summed E-state index contributed by atoms with van der Waals surface area (Å²) < 4.78 is 1.05. The van der Waals surface area contributed by atoms with Crippen LogP contribution in [0, 0.1) is 0 Å². The van der Waals surface area contributed by atoms with Crippen LogP contribution >= 0.6 is 11.3 Å². The molecule has 0 spiro atoms. The van der Waals surface area contributed by atoms with E-state index in [1.807, 2.05) is 24.3 Å². The molecule has 2 aromatic rings. The average molecular weight is 249 g/mol. The molecule has 0 unspecified atom stereocenters. The first-order valence-electron chi connectivity index (χ1n) is 5.23. The number of rotatable bonds is 5. The van der Waals surface area contributed by atoms with Gasteiger partial charge in [-0.25, -0.2) is 4.98 Å². The molecular weight excluding hydrogens is 238 g/mol. The Bertz CT molecular complexity index is 529. The van der Waals surface area contributed by atoms with Crippen LogP contribution in [0.3, 0.4) is 0 Å². The molecule has 4 nitrogen and oxygen atoms in total. The first-order valence-corrected chi connectivity index (χ1v) is 6.05. The van der Waals surface area contributed by atoms with E-state index in [2.05, 4.69) is 4.98 Å². The summed E-state index contributed by atoms with van der Waals surface area (Å²) in [6, 6.07) is 7.68. The first-order chi connectivity index (χ1) is 8.15. The highest BCUT2D eigenvalue weighted by Gasteiger charge is 2.10. The van der Waals surface area contributed by atoms with Crippen molar-refractivity contribution in [3.8, 4) is 0 Å². The van der Waals surface area contributed by atoms with Gasteiger partial charge in [-0.05, 0) is 12.1 Å². The van der Waals surface area contributed by atoms with Crippen LogP contribution in [-0.2, 0) is 16.0 Å². The van der Waals surface area contributed by atoms with Crippen LogP contribution in [0.1, 0.15) is 17.8 Å². The molecule has 17 heavy (non-hydrogen) atoms. The molecule has 1 heterocycles. The number of thiazole rings is 1. The van der Waals surface area contributed by atoms with Crippen LogP contribution in [0.2, 0.25) is 0 Å². The smallest absolute Gasteiger partial charge is 0.303 e. The van der Waals surface area contributed by atoms with Crippen LogP contribution in [-0.4, -0.2) is 21.8 Å². The first kappa shape index (κ1) is 11.7. The van der Waals surface area contributed by atoms with E-state index >= 15 is 0 Å². The van der Waals surface area contributed by atoms with E-state index in [1.54, 1.807) is 0 Å². The van der Waals surface area contributed by atoms with Crippen LogP contribution in [0.25, 0.3) is 10.2 Å². The van der Waals surface area contributed by atoms with E-state index in [-0.39, 0.29) is 25.0 Å². The summed E-state index contributed by atoms with van der Waals surface area (Å²) in [7, 11) is 0. The molecule has 2 rings (SSSR count). The van der Waals surface area contributed by atoms with Crippen LogP contribution in [0.15, 0.2) is 24.3 Å². The van der Waals surface area contributed by atoms with Crippen LogP contribution in [0.4, 0.5) is 0 Å². The summed E-state index contributed by atoms with van der Waals surface area (Å²) in [6.45, 7) is 0. The highest BCUT2D eigenvalue weighted by molar-refractivity contribution is 7.18. The summed E-state index contributed by atoms with van der Waals surface area (Å²) in [5, 5.41) is 9.23. The van der Waals surface area contributed by atoms with Crippen LogP contribution < -0.4 is 0 Å².